The maximum absolute atomic E-state index is 13.7. The van der Waals surface area contributed by atoms with Gasteiger partial charge in [0, 0.05) is 19.0 Å². The van der Waals surface area contributed by atoms with E-state index < -0.39 is 5.82 Å². The molecule has 0 amide bonds. The monoisotopic (exact) mass is 297 g/mol. The van der Waals surface area contributed by atoms with Crippen LogP contribution < -0.4 is 10.6 Å². The van der Waals surface area contributed by atoms with E-state index in [4.69, 9.17) is 11.1 Å². The summed E-state index contributed by atoms with van der Waals surface area (Å²) in [6.07, 6.45) is 0. The average Bonchev–Trinajstić information content (AvgIpc) is 2.77. The highest BCUT2D eigenvalue weighted by Gasteiger charge is 2.15. The van der Waals surface area contributed by atoms with E-state index in [1.54, 1.807) is 12.1 Å². The summed E-state index contributed by atoms with van der Waals surface area (Å²) in [5, 5.41) is 16.2. The Kier molecular flexibility index (Phi) is 4.01. The van der Waals surface area contributed by atoms with Gasteiger partial charge in [0.15, 0.2) is 4.34 Å². The number of hydrogen-bond acceptors (Lipinski definition) is 6. The van der Waals surface area contributed by atoms with Crippen molar-refractivity contribution in [3.05, 3.63) is 29.6 Å². The van der Waals surface area contributed by atoms with Crippen molar-refractivity contribution >= 4 is 34.1 Å². The van der Waals surface area contributed by atoms with E-state index in [-0.39, 0.29) is 11.4 Å². The third-order valence-electron chi connectivity index (χ3n) is 2.22. The molecule has 8 heteroatoms. The zero-order valence-corrected chi connectivity index (χ0v) is 12.0. The molecule has 0 spiro atoms. The summed E-state index contributed by atoms with van der Waals surface area (Å²) in [6.45, 7) is 0. The number of anilines is 1. The molecule has 0 saturated heterocycles. The van der Waals surface area contributed by atoms with Gasteiger partial charge in [-0.3, -0.25) is 5.41 Å². The van der Waals surface area contributed by atoms with Crippen molar-refractivity contribution < 1.29 is 4.39 Å². The molecular weight excluding hydrogens is 285 g/mol. The second-order valence-electron chi connectivity index (χ2n) is 3.87. The summed E-state index contributed by atoms with van der Waals surface area (Å²) < 4.78 is 14.3. The molecule has 100 valence electrons. The van der Waals surface area contributed by atoms with Gasteiger partial charge in [0.2, 0.25) is 5.13 Å². The molecule has 0 aliphatic rings. The Labute approximate surface area is 118 Å². The summed E-state index contributed by atoms with van der Waals surface area (Å²) in [5.74, 6) is -0.798. The molecule has 2 rings (SSSR count). The lowest BCUT2D eigenvalue weighted by molar-refractivity contribution is 0.621. The molecule has 0 aliphatic carbocycles. The summed E-state index contributed by atoms with van der Waals surface area (Å²) in [7, 11) is 3.75. The number of benzene rings is 1. The first-order valence-corrected chi connectivity index (χ1v) is 6.94. The fraction of sp³-hybridized carbons (Fsp3) is 0.182. The largest absolute Gasteiger partial charge is 0.384 e. The first kappa shape index (κ1) is 13.8. The van der Waals surface area contributed by atoms with Crippen LogP contribution in [0.25, 0.3) is 0 Å². The van der Waals surface area contributed by atoms with Crippen LogP contribution in [0.2, 0.25) is 0 Å². The highest BCUT2D eigenvalue weighted by atomic mass is 32.2. The van der Waals surface area contributed by atoms with Crippen LogP contribution in [-0.2, 0) is 0 Å². The molecule has 0 unspecified atom stereocenters. The van der Waals surface area contributed by atoms with Gasteiger partial charge in [-0.25, -0.2) is 4.39 Å². The highest BCUT2D eigenvalue weighted by molar-refractivity contribution is 8.01. The van der Waals surface area contributed by atoms with Crippen molar-refractivity contribution in [2.45, 2.75) is 9.24 Å². The number of hydrogen-bond donors (Lipinski definition) is 2. The van der Waals surface area contributed by atoms with Gasteiger partial charge in [-0.15, -0.1) is 10.2 Å². The second kappa shape index (κ2) is 5.54. The molecule has 1 aromatic carbocycles. The first-order valence-electron chi connectivity index (χ1n) is 5.30. The van der Waals surface area contributed by atoms with E-state index in [0.717, 1.165) is 5.13 Å². The van der Waals surface area contributed by atoms with E-state index in [0.29, 0.717) is 9.24 Å². The SMILES string of the molecule is CN(C)c1nnc(Sc2cccc(F)c2C(=N)N)s1. The third-order valence-corrected chi connectivity index (χ3v) is 4.42. The number of nitrogens with zero attached hydrogens (tertiary/aromatic N) is 3. The Morgan fingerprint density at radius 2 is 2.16 bits per heavy atom. The number of nitrogens with two attached hydrogens (primary N) is 1. The molecule has 1 aromatic heterocycles. The maximum atomic E-state index is 13.7. The van der Waals surface area contributed by atoms with Crippen molar-refractivity contribution in [2.24, 2.45) is 5.73 Å². The topological polar surface area (TPSA) is 78.9 Å². The van der Waals surface area contributed by atoms with E-state index >= 15 is 0 Å². The lowest BCUT2D eigenvalue weighted by atomic mass is 10.2. The van der Waals surface area contributed by atoms with E-state index in [2.05, 4.69) is 10.2 Å². The predicted octanol–water partition coefficient (Wildman–Crippen LogP) is 2.18. The van der Waals surface area contributed by atoms with E-state index in [1.165, 1.54) is 29.2 Å². The van der Waals surface area contributed by atoms with Crippen LogP contribution in [0.15, 0.2) is 27.4 Å². The van der Waals surface area contributed by atoms with Crippen LogP contribution in [-0.4, -0.2) is 30.1 Å². The molecule has 0 atom stereocenters. The van der Waals surface area contributed by atoms with Crippen LogP contribution >= 0.6 is 23.1 Å². The Morgan fingerprint density at radius 3 is 2.74 bits per heavy atom. The Hall–Kier alpha value is -1.67. The number of nitrogens with one attached hydrogen (secondary N) is 1. The number of amidine groups is 1. The molecule has 0 radical (unpaired) electrons. The summed E-state index contributed by atoms with van der Waals surface area (Å²) >= 11 is 2.65. The van der Waals surface area contributed by atoms with Crippen molar-refractivity contribution in [3.63, 3.8) is 0 Å². The quantitative estimate of drug-likeness (QED) is 0.668. The zero-order chi connectivity index (χ0) is 14.0. The lowest BCUT2D eigenvalue weighted by Crippen LogP contribution is -2.14. The third kappa shape index (κ3) is 3.02. The van der Waals surface area contributed by atoms with Crippen molar-refractivity contribution in [1.29, 1.82) is 5.41 Å². The van der Waals surface area contributed by atoms with Crippen LogP contribution in [0.3, 0.4) is 0 Å². The van der Waals surface area contributed by atoms with Crippen molar-refractivity contribution in [3.8, 4) is 0 Å². The van der Waals surface area contributed by atoms with Gasteiger partial charge in [0.05, 0.1) is 5.56 Å². The van der Waals surface area contributed by atoms with Crippen LogP contribution in [0, 0.1) is 11.2 Å². The lowest BCUT2D eigenvalue weighted by Gasteiger charge is -2.06. The molecule has 5 nitrogen and oxygen atoms in total. The highest BCUT2D eigenvalue weighted by Crippen LogP contribution is 2.35. The first-order chi connectivity index (χ1) is 8.99. The molecule has 0 aliphatic heterocycles. The Morgan fingerprint density at radius 1 is 1.42 bits per heavy atom. The standard InChI is InChI=1S/C11H12FN5S2/c1-17(2)10-15-16-11(19-10)18-7-5-3-4-6(12)8(7)9(13)14/h3-5H,1-2H3,(H3,13,14). The van der Waals surface area contributed by atoms with Crippen molar-refractivity contribution in [1.82, 2.24) is 10.2 Å². The maximum Gasteiger partial charge on any atom is 0.208 e. The van der Waals surface area contributed by atoms with Crippen LogP contribution in [0.4, 0.5) is 9.52 Å². The molecule has 0 bridgehead atoms. The van der Waals surface area contributed by atoms with E-state index in [1.807, 2.05) is 19.0 Å². The molecule has 19 heavy (non-hydrogen) atoms. The van der Waals surface area contributed by atoms with Gasteiger partial charge in [0.1, 0.15) is 11.7 Å². The molecule has 2 aromatic rings. The smallest absolute Gasteiger partial charge is 0.208 e. The molecule has 1 heterocycles. The number of nitrogen functional groups attached to an aromatic ring is 1. The average molecular weight is 297 g/mol. The van der Waals surface area contributed by atoms with Gasteiger partial charge >= 0.3 is 0 Å². The fourth-order valence-corrected chi connectivity index (χ4v) is 3.26. The predicted molar refractivity (Wildman–Crippen MR) is 75.8 cm³/mol. The Balaban J connectivity index is 2.32. The molecular formula is C11H12FN5S2. The minimum Gasteiger partial charge on any atom is -0.384 e. The summed E-state index contributed by atoms with van der Waals surface area (Å²) in [5.41, 5.74) is 5.52. The Bertz CT molecular complexity index is 611. The van der Waals surface area contributed by atoms with Gasteiger partial charge < -0.3 is 10.6 Å². The zero-order valence-electron chi connectivity index (χ0n) is 10.3. The number of rotatable bonds is 4. The fourth-order valence-electron chi connectivity index (χ4n) is 1.37. The van der Waals surface area contributed by atoms with Gasteiger partial charge in [-0.2, -0.15) is 0 Å². The summed E-state index contributed by atoms with van der Waals surface area (Å²) in [6, 6.07) is 4.57. The van der Waals surface area contributed by atoms with E-state index in [9.17, 15) is 4.39 Å². The minimum atomic E-state index is -0.505. The molecule has 0 saturated carbocycles. The van der Waals surface area contributed by atoms with Gasteiger partial charge in [-0.05, 0) is 12.1 Å². The normalized spacial score (nSPS) is 10.5. The molecule has 3 N–H and O–H groups in total. The number of halogens is 1. The minimum absolute atomic E-state index is 0.106. The summed E-state index contributed by atoms with van der Waals surface area (Å²) in [4.78, 5) is 2.41. The van der Waals surface area contributed by atoms with Gasteiger partial charge in [-0.1, -0.05) is 29.2 Å². The van der Waals surface area contributed by atoms with Crippen LogP contribution in [0.1, 0.15) is 5.56 Å². The van der Waals surface area contributed by atoms with Crippen LogP contribution in [0.5, 0.6) is 0 Å². The number of aromatic nitrogens is 2. The van der Waals surface area contributed by atoms with Crippen molar-refractivity contribution in [2.75, 3.05) is 19.0 Å². The molecule has 0 fully saturated rings. The van der Waals surface area contributed by atoms with Gasteiger partial charge in [0.25, 0.3) is 0 Å². The second-order valence-corrected chi connectivity index (χ2v) is 6.12.